The number of hydrogen-bond donors (Lipinski definition) is 0. The molecule has 138 valence electrons. The number of carbonyl (C=O) groups is 1. The number of halogens is 1. The summed E-state index contributed by atoms with van der Waals surface area (Å²) in [5, 5.41) is 1.55. The molecule has 2 aliphatic rings. The molecule has 1 aromatic heterocycles. The molecule has 4 rings (SSSR count). The maximum absolute atomic E-state index is 13.0. The first kappa shape index (κ1) is 18.0. The molecule has 2 aliphatic heterocycles. The number of thiazole rings is 1. The van der Waals surface area contributed by atoms with Crippen LogP contribution in [0.2, 0.25) is 5.02 Å². The van der Waals surface area contributed by atoms with Crippen molar-refractivity contribution in [2.45, 2.75) is 38.6 Å². The van der Waals surface area contributed by atoms with Gasteiger partial charge in [0.25, 0.3) is 5.91 Å². The zero-order chi connectivity index (χ0) is 18.1. The Morgan fingerprint density at radius 2 is 1.92 bits per heavy atom. The molecule has 6 heteroatoms. The van der Waals surface area contributed by atoms with Gasteiger partial charge < -0.3 is 9.80 Å². The molecule has 1 amide bonds. The van der Waals surface area contributed by atoms with Gasteiger partial charge in [-0.1, -0.05) is 23.7 Å². The molecule has 0 saturated carbocycles. The standard InChI is InChI=1S/C20H24ClN3OS/c1-14-18(26-19(22-14)15-5-4-6-16(21)13-15)20(25)24-11-7-17(8-12-24)23-9-2-3-10-23/h4-6,13,17H,2-3,7-12H2,1H3. The van der Waals surface area contributed by atoms with Gasteiger partial charge in [0, 0.05) is 29.7 Å². The van der Waals surface area contributed by atoms with Crippen molar-refractivity contribution in [1.29, 1.82) is 0 Å². The molecule has 0 bridgehead atoms. The van der Waals surface area contributed by atoms with Gasteiger partial charge in [-0.15, -0.1) is 11.3 Å². The molecule has 4 nitrogen and oxygen atoms in total. The second-order valence-electron chi connectivity index (χ2n) is 7.21. The Bertz CT molecular complexity index is 792. The predicted octanol–water partition coefficient (Wildman–Crippen LogP) is 4.47. The molecule has 0 spiro atoms. The van der Waals surface area contributed by atoms with Gasteiger partial charge in [0.1, 0.15) is 9.88 Å². The molecule has 2 aromatic rings. The van der Waals surface area contributed by atoms with Crippen LogP contribution in [0.1, 0.15) is 41.0 Å². The highest BCUT2D eigenvalue weighted by atomic mass is 35.5. The van der Waals surface area contributed by atoms with Crippen molar-refractivity contribution < 1.29 is 4.79 Å². The van der Waals surface area contributed by atoms with Gasteiger partial charge >= 0.3 is 0 Å². The fraction of sp³-hybridized carbons (Fsp3) is 0.500. The van der Waals surface area contributed by atoms with Crippen molar-refractivity contribution in [3.63, 3.8) is 0 Å². The summed E-state index contributed by atoms with van der Waals surface area (Å²) in [5.41, 5.74) is 1.79. The van der Waals surface area contributed by atoms with E-state index in [1.165, 1.54) is 37.3 Å². The van der Waals surface area contributed by atoms with Gasteiger partial charge in [-0.05, 0) is 57.8 Å². The molecule has 0 unspecified atom stereocenters. The fourth-order valence-electron chi connectivity index (χ4n) is 4.02. The van der Waals surface area contributed by atoms with Crippen LogP contribution in [0.3, 0.4) is 0 Å². The Balaban J connectivity index is 1.45. The van der Waals surface area contributed by atoms with E-state index in [4.69, 9.17) is 11.6 Å². The molecule has 0 N–H and O–H groups in total. The normalized spacial score (nSPS) is 19.2. The average molecular weight is 390 g/mol. The van der Waals surface area contributed by atoms with E-state index < -0.39 is 0 Å². The number of nitrogens with zero attached hydrogens (tertiary/aromatic N) is 3. The first-order valence-electron chi connectivity index (χ1n) is 9.38. The highest BCUT2D eigenvalue weighted by Gasteiger charge is 2.30. The number of hydrogen-bond acceptors (Lipinski definition) is 4. The lowest BCUT2D eigenvalue weighted by Crippen LogP contribution is -2.45. The summed E-state index contributed by atoms with van der Waals surface area (Å²) < 4.78 is 0. The maximum atomic E-state index is 13.0. The minimum Gasteiger partial charge on any atom is -0.338 e. The van der Waals surface area contributed by atoms with E-state index in [0.717, 1.165) is 47.1 Å². The quantitative estimate of drug-likeness (QED) is 0.776. The van der Waals surface area contributed by atoms with E-state index in [1.54, 1.807) is 0 Å². The second kappa shape index (κ2) is 7.67. The van der Waals surface area contributed by atoms with Crippen molar-refractivity contribution in [1.82, 2.24) is 14.8 Å². The van der Waals surface area contributed by atoms with Crippen LogP contribution in [0.5, 0.6) is 0 Å². The molecule has 2 saturated heterocycles. The third-order valence-corrected chi connectivity index (χ3v) is 6.90. The summed E-state index contributed by atoms with van der Waals surface area (Å²) in [6.45, 7) is 6.09. The minimum absolute atomic E-state index is 0.133. The SMILES string of the molecule is Cc1nc(-c2cccc(Cl)c2)sc1C(=O)N1CCC(N2CCCC2)CC1. The lowest BCUT2D eigenvalue weighted by molar-refractivity contribution is 0.0648. The van der Waals surface area contributed by atoms with E-state index in [0.29, 0.717) is 11.1 Å². The summed E-state index contributed by atoms with van der Waals surface area (Å²) in [5.74, 6) is 0.133. The van der Waals surface area contributed by atoms with Gasteiger partial charge in [0.15, 0.2) is 0 Å². The van der Waals surface area contributed by atoms with Crippen LogP contribution >= 0.6 is 22.9 Å². The molecule has 0 aliphatic carbocycles. The van der Waals surface area contributed by atoms with Gasteiger partial charge in [-0.3, -0.25) is 4.79 Å². The Morgan fingerprint density at radius 3 is 2.62 bits per heavy atom. The number of rotatable bonds is 3. The fourth-order valence-corrected chi connectivity index (χ4v) is 5.25. The molecule has 26 heavy (non-hydrogen) atoms. The number of aryl methyl sites for hydroxylation is 1. The van der Waals surface area contributed by atoms with Crippen molar-refractivity contribution in [2.75, 3.05) is 26.2 Å². The van der Waals surface area contributed by atoms with E-state index in [2.05, 4.69) is 9.88 Å². The van der Waals surface area contributed by atoms with Crippen LogP contribution in [0.15, 0.2) is 24.3 Å². The van der Waals surface area contributed by atoms with E-state index in [-0.39, 0.29) is 5.91 Å². The Hall–Kier alpha value is -1.43. The van der Waals surface area contributed by atoms with Gasteiger partial charge in [0.2, 0.25) is 0 Å². The summed E-state index contributed by atoms with van der Waals surface area (Å²) in [6.07, 6.45) is 4.83. The van der Waals surface area contributed by atoms with E-state index in [1.807, 2.05) is 36.1 Å². The Kier molecular flexibility index (Phi) is 5.30. The molecular formula is C20H24ClN3OS. The molecule has 2 fully saturated rings. The lowest BCUT2D eigenvalue weighted by Gasteiger charge is -2.36. The summed E-state index contributed by atoms with van der Waals surface area (Å²) >= 11 is 7.57. The number of piperidine rings is 1. The molecular weight excluding hydrogens is 366 g/mol. The van der Waals surface area contributed by atoms with Crippen LogP contribution in [-0.2, 0) is 0 Å². The van der Waals surface area contributed by atoms with E-state index in [9.17, 15) is 4.79 Å². The predicted molar refractivity (Wildman–Crippen MR) is 107 cm³/mol. The van der Waals surface area contributed by atoms with Crippen molar-refractivity contribution in [2.24, 2.45) is 0 Å². The number of amides is 1. The average Bonchev–Trinajstić information content (AvgIpc) is 3.31. The third-order valence-electron chi connectivity index (χ3n) is 5.47. The minimum atomic E-state index is 0.133. The highest BCUT2D eigenvalue weighted by molar-refractivity contribution is 7.17. The number of carbonyl (C=O) groups excluding carboxylic acids is 1. The number of benzene rings is 1. The summed E-state index contributed by atoms with van der Waals surface area (Å²) in [4.78, 5) is 23.0. The van der Waals surface area contributed by atoms with Crippen molar-refractivity contribution in [3.8, 4) is 10.6 Å². The van der Waals surface area contributed by atoms with Crippen LogP contribution in [0, 0.1) is 6.92 Å². The van der Waals surface area contributed by atoms with Crippen LogP contribution in [-0.4, -0.2) is 52.9 Å². The first-order chi connectivity index (χ1) is 12.6. The first-order valence-corrected chi connectivity index (χ1v) is 10.6. The van der Waals surface area contributed by atoms with Gasteiger partial charge in [-0.2, -0.15) is 0 Å². The monoisotopic (exact) mass is 389 g/mol. The van der Waals surface area contributed by atoms with Crippen molar-refractivity contribution in [3.05, 3.63) is 39.9 Å². The van der Waals surface area contributed by atoms with Crippen LogP contribution in [0.4, 0.5) is 0 Å². The van der Waals surface area contributed by atoms with Crippen LogP contribution in [0.25, 0.3) is 10.6 Å². The second-order valence-corrected chi connectivity index (χ2v) is 8.65. The highest BCUT2D eigenvalue weighted by Crippen LogP contribution is 2.31. The third kappa shape index (κ3) is 3.66. The van der Waals surface area contributed by atoms with Gasteiger partial charge in [0.05, 0.1) is 5.69 Å². The van der Waals surface area contributed by atoms with Crippen LogP contribution < -0.4 is 0 Å². The smallest absolute Gasteiger partial charge is 0.265 e. The number of likely N-dealkylation sites (tertiary alicyclic amines) is 2. The number of aromatic nitrogens is 1. The molecule has 0 radical (unpaired) electrons. The topological polar surface area (TPSA) is 36.4 Å². The Morgan fingerprint density at radius 1 is 1.19 bits per heavy atom. The van der Waals surface area contributed by atoms with Crippen molar-refractivity contribution >= 4 is 28.8 Å². The Labute approximate surface area is 163 Å². The summed E-state index contributed by atoms with van der Waals surface area (Å²) in [6, 6.07) is 8.31. The largest absolute Gasteiger partial charge is 0.338 e. The molecule has 1 aromatic carbocycles. The summed E-state index contributed by atoms with van der Waals surface area (Å²) in [7, 11) is 0. The van der Waals surface area contributed by atoms with Gasteiger partial charge in [-0.25, -0.2) is 4.98 Å². The maximum Gasteiger partial charge on any atom is 0.265 e. The zero-order valence-electron chi connectivity index (χ0n) is 15.1. The van der Waals surface area contributed by atoms with E-state index >= 15 is 0 Å². The molecule has 3 heterocycles. The molecule has 0 atom stereocenters. The zero-order valence-corrected chi connectivity index (χ0v) is 16.7. The lowest BCUT2D eigenvalue weighted by atomic mass is 10.0.